The maximum Gasteiger partial charge on any atom is 0.278 e. The fraction of sp³-hybridized carbons (Fsp3) is 0.421. The van der Waals surface area contributed by atoms with Gasteiger partial charge in [-0.1, -0.05) is 25.1 Å². The summed E-state index contributed by atoms with van der Waals surface area (Å²) in [4.78, 5) is 27.9. The van der Waals surface area contributed by atoms with Gasteiger partial charge in [-0.2, -0.15) is 5.10 Å². The zero-order chi connectivity index (χ0) is 17.8. The van der Waals surface area contributed by atoms with Crippen LogP contribution in [0.3, 0.4) is 0 Å². The first kappa shape index (κ1) is 17.2. The summed E-state index contributed by atoms with van der Waals surface area (Å²) in [6, 6.07) is 11.4. The molecule has 2 heterocycles. The normalized spacial score (nSPS) is 15.2. The van der Waals surface area contributed by atoms with Crippen molar-refractivity contribution in [3.05, 3.63) is 47.8 Å². The number of piperidine rings is 1. The number of nitrogens with zero attached hydrogens (tertiary/aromatic N) is 3. The molecule has 3 rings (SSSR count). The van der Waals surface area contributed by atoms with E-state index in [4.69, 9.17) is 0 Å². The van der Waals surface area contributed by atoms with Crippen molar-refractivity contribution >= 4 is 17.5 Å². The second-order valence-corrected chi connectivity index (χ2v) is 6.42. The molecule has 0 saturated carbocycles. The first-order chi connectivity index (χ1) is 12.1. The van der Waals surface area contributed by atoms with Crippen molar-refractivity contribution < 1.29 is 9.59 Å². The summed E-state index contributed by atoms with van der Waals surface area (Å²) in [5.74, 6) is 0.396. The standard InChI is InChI=1S/C19H24N4O2/c1-3-18(24)23-11-9-14(10-12-23)16-13-17(21-20-16)19(25)22(2)15-7-5-4-6-8-15/h4-8,13-14H,3,9-12H2,1-2H3,(H,20,21). The Morgan fingerprint density at radius 3 is 2.56 bits per heavy atom. The van der Waals surface area contributed by atoms with E-state index in [1.165, 1.54) is 0 Å². The first-order valence-corrected chi connectivity index (χ1v) is 8.76. The van der Waals surface area contributed by atoms with Crippen LogP contribution in [0.4, 0.5) is 5.69 Å². The van der Waals surface area contributed by atoms with Crippen LogP contribution in [0, 0.1) is 0 Å². The highest BCUT2D eigenvalue weighted by atomic mass is 16.2. The molecule has 1 fully saturated rings. The van der Waals surface area contributed by atoms with Crippen LogP contribution in [0.1, 0.15) is 48.3 Å². The van der Waals surface area contributed by atoms with E-state index in [0.717, 1.165) is 37.3 Å². The number of benzene rings is 1. The number of nitrogens with one attached hydrogen (secondary N) is 1. The average Bonchev–Trinajstić information content (AvgIpc) is 3.17. The minimum Gasteiger partial charge on any atom is -0.343 e. The van der Waals surface area contributed by atoms with Gasteiger partial charge in [-0.25, -0.2) is 0 Å². The summed E-state index contributed by atoms with van der Waals surface area (Å²) in [7, 11) is 1.75. The second kappa shape index (κ2) is 7.51. The number of rotatable bonds is 4. The van der Waals surface area contributed by atoms with Crippen LogP contribution < -0.4 is 4.90 Å². The molecule has 0 atom stereocenters. The molecule has 6 nitrogen and oxygen atoms in total. The lowest BCUT2D eigenvalue weighted by atomic mass is 9.93. The van der Waals surface area contributed by atoms with Crippen molar-refractivity contribution in [2.45, 2.75) is 32.1 Å². The SMILES string of the molecule is CCC(=O)N1CCC(c2cc(C(=O)N(C)c3ccccc3)n[nH]2)CC1. The van der Waals surface area contributed by atoms with E-state index in [2.05, 4.69) is 10.2 Å². The van der Waals surface area contributed by atoms with Gasteiger partial charge in [0.2, 0.25) is 5.91 Å². The summed E-state index contributed by atoms with van der Waals surface area (Å²) in [5, 5.41) is 7.23. The first-order valence-electron chi connectivity index (χ1n) is 8.76. The maximum absolute atomic E-state index is 12.6. The lowest BCUT2D eigenvalue weighted by Gasteiger charge is -2.31. The Kier molecular flexibility index (Phi) is 5.16. The predicted molar refractivity (Wildman–Crippen MR) is 96.6 cm³/mol. The van der Waals surface area contributed by atoms with E-state index in [-0.39, 0.29) is 11.8 Å². The van der Waals surface area contributed by atoms with Gasteiger partial charge >= 0.3 is 0 Å². The molecule has 25 heavy (non-hydrogen) atoms. The second-order valence-electron chi connectivity index (χ2n) is 6.42. The van der Waals surface area contributed by atoms with E-state index in [0.29, 0.717) is 18.0 Å². The van der Waals surface area contributed by atoms with Crippen molar-refractivity contribution in [2.24, 2.45) is 0 Å². The number of para-hydroxylation sites is 1. The smallest absolute Gasteiger partial charge is 0.278 e. The highest BCUT2D eigenvalue weighted by molar-refractivity contribution is 6.04. The zero-order valence-electron chi connectivity index (χ0n) is 14.7. The molecule has 1 saturated heterocycles. The van der Waals surface area contributed by atoms with Gasteiger partial charge in [0.05, 0.1) is 0 Å². The van der Waals surface area contributed by atoms with Gasteiger partial charge in [0.25, 0.3) is 5.91 Å². The number of likely N-dealkylation sites (tertiary alicyclic amines) is 1. The van der Waals surface area contributed by atoms with Gasteiger partial charge in [0.15, 0.2) is 5.69 Å². The Bertz CT molecular complexity index is 733. The molecule has 0 bridgehead atoms. The van der Waals surface area contributed by atoms with E-state index in [1.807, 2.05) is 48.2 Å². The van der Waals surface area contributed by atoms with Crippen molar-refractivity contribution in [3.63, 3.8) is 0 Å². The van der Waals surface area contributed by atoms with E-state index < -0.39 is 0 Å². The minimum atomic E-state index is -0.132. The summed E-state index contributed by atoms with van der Waals surface area (Å²) < 4.78 is 0. The number of H-pyrrole nitrogens is 1. The predicted octanol–water partition coefficient (Wildman–Crippen LogP) is 2.80. The van der Waals surface area contributed by atoms with Crippen LogP contribution in [-0.2, 0) is 4.79 Å². The van der Waals surface area contributed by atoms with Crippen LogP contribution in [0.5, 0.6) is 0 Å². The molecule has 6 heteroatoms. The number of anilines is 1. The van der Waals surface area contributed by atoms with E-state index in [9.17, 15) is 9.59 Å². The van der Waals surface area contributed by atoms with Gasteiger partial charge in [-0.05, 0) is 31.0 Å². The van der Waals surface area contributed by atoms with Crippen molar-refractivity contribution in [2.75, 3.05) is 25.0 Å². The van der Waals surface area contributed by atoms with Crippen LogP contribution >= 0.6 is 0 Å². The third-order valence-electron chi connectivity index (χ3n) is 4.85. The number of hydrogen-bond donors (Lipinski definition) is 1. The number of carbonyl (C=O) groups excluding carboxylic acids is 2. The third-order valence-corrected chi connectivity index (χ3v) is 4.85. The lowest BCUT2D eigenvalue weighted by Crippen LogP contribution is -2.37. The molecule has 1 aliphatic rings. The maximum atomic E-state index is 12.6. The highest BCUT2D eigenvalue weighted by Gasteiger charge is 2.25. The summed E-state index contributed by atoms with van der Waals surface area (Å²) in [6.07, 6.45) is 2.35. The number of aromatic amines is 1. The van der Waals surface area contributed by atoms with Gasteiger partial charge < -0.3 is 9.80 Å². The fourth-order valence-electron chi connectivity index (χ4n) is 3.26. The summed E-state index contributed by atoms with van der Waals surface area (Å²) in [5.41, 5.74) is 2.24. The number of carbonyl (C=O) groups is 2. The quantitative estimate of drug-likeness (QED) is 0.930. The molecule has 2 amide bonds. The molecule has 0 unspecified atom stereocenters. The summed E-state index contributed by atoms with van der Waals surface area (Å²) in [6.45, 7) is 3.43. The lowest BCUT2D eigenvalue weighted by molar-refractivity contribution is -0.131. The van der Waals surface area contributed by atoms with Crippen molar-refractivity contribution in [1.82, 2.24) is 15.1 Å². The molecule has 1 aromatic heterocycles. The fourth-order valence-corrected chi connectivity index (χ4v) is 3.26. The summed E-state index contributed by atoms with van der Waals surface area (Å²) >= 11 is 0. The topological polar surface area (TPSA) is 69.3 Å². The molecule has 0 aliphatic carbocycles. The number of aromatic nitrogens is 2. The molecule has 0 spiro atoms. The van der Waals surface area contributed by atoms with E-state index >= 15 is 0 Å². The Labute approximate surface area is 147 Å². The molecular formula is C19H24N4O2. The molecule has 0 radical (unpaired) electrons. The van der Waals surface area contributed by atoms with E-state index in [1.54, 1.807) is 11.9 Å². The van der Waals surface area contributed by atoms with Crippen LogP contribution in [-0.4, -0.2) is 47.0 Å². The molecule has 1 aliphatic heterocycles. The molecule has 2 aromatic rings. The van der Waals surface area contributed by atoms with Gasteiger partial charge in [-0.15, -0.1) is 0 Å². The van der Waals surface area contributed by atoms with Gasteiger partial charge in [0, 0.05) is 43.9 Å². The third kappa shape index (κ3) is 3.73. The minimum absolute atomic E-state index is 0.132. The van der Waals surface area contributed by atoms with Crippen molar-refractivity contribution in [1.29, 1.82) is 0 Å². The molecular weight excluding hydrogens is 316 g/mol. The number of hydrogen-bond acceptors (Lipinski definition) is 3. The molecule has 132 valence electrons. The molecule has 1 aromatic carbocycles. The Balaban J connectivity index is 1.65. The van der Waals surface area contributed by atoms with Gasteiger partial charge in [0.1, 0.15) is 0 Å². The average molecular weight is 340 g/mol. The van der Waals surface area contributed by atoms with Crippen LogP contribution in [0.15, 0.2) is 36.4 Å². The highest BCUT2D eigenvalue weighted by Crippen LogP contribution is 2.27. The monoisotopic (exact) mass is 340 g/mol. The van der Waals surface area contributed by atoms with Crippen LogP contribution in [0.25, 0.3) is 0 Å². The Morgan fingerprint density at radius 1 is 1.24 bits per heavy atom. The van der Waals surface area contributed by atoms with Gasteiger partial charge in [-0.3, -0.25) is 14.7 Å². The van der Waals surface area contributed by atoms with Crippen LogP contribution in [0.2, 0.25) is 0 Å². The number of amides is 2. The Hall–Kier alpha value is -2.63. The zero-order valence-corrected chi connectivity index (χ0v) is 14.7. The van der Waals surface area contributed by atoms with Crippen molar-refractivity contribution in [3.8, 4) is 0 Å². The Morgan fingerprint density at radius 2 is 1.92 bits per heavy atom. The molecule has 1 N–H and O–H groups in total. The largest absolute Gasteiger partial charge is 0.343 e.